The minimum absolute atomic E-state index is 0. The number of halogens is 2. The van der Waals surface area contributed by atoms with Crippen LogP contribution >= 0.6 is 24.8 Å². The second kappa shape index (κ2) is 8.65. The molecule has 2 unspecified atom stereocenters. The lowest BCUT2D eigenvalue weighted by Gasteiger charge is -2.38. The molecule has 2 aromatic heterocycles. The average molecular weight is 386 g/mol. The molecule has 0 aliphatic carbocycles. The Morgan fingerprint density at radius 2 is 1.96 bits per heavy atom. The highest BCUT2D eigenvalue weighted by Gasteiger charge is 2.28. The predicted octanol–water partition coefficient (Wildman–Crippen LogP) is 2.55. The number of nitrogens with zero attached hydrogens (tertiary/aromatic N) is 4. The molecular weight excluding hydrogens is 361 g/mol. The van der Waals surface area contributed by atoms with Gasteiger partial charge in [0.15, 0.2) is 5.82 Å². The van der Waals surface area contributed by atoms with Gasteiger partial charge in [-0.3, -0.25) is 4.79 Å². The molecule has 2 aromatic rings. The van der Waals surface area contributed by atoms with E-state index in [1.54, 1.807) is 10.9 Å². The zero-order valence-corrected chi connectivity index (χ0v) is 16.5. The first-order chi connectivity index (χ1) is 11.0. The number of nitrogens with one attached hydrogen (secondary N) is 1. The quantitative estimate of drug-likeness (QED) is 0.862. The summed E-state index contributed by atoms with van der Waals surface area (Å²) in [4.78, 5) is 19.0. The standard InChI is InChI=1S/C17H23N5O.2ClH/c1-11-9-12(2)22(20-11)16-6-5-15(10-19-16)17(23)21-8-7-18-13(3)14(21)4;;/h5-6,9-10,13-14,18H,7-8H2,1-4H3;2*1H. The van der Waals surface area contributed by atoms with Crippen LogP contribution in [-0.4, -0.2) is 50.7 Å². The molecule has 1 N–H and O–H groups in total. The van der Waals surface area contributed by atoms with Gasteiger partial charge < -0.3 is 10.2 Å². The molecule has 1 aliphatic rings. The maximum atomic E-state index is 12.7. The summed E-state index contributed by atoms with van der Waals surface area (Å²) in [5.74, 6) is 0.771. The van der Waals surface area contributed by atoms with E-state index >= 15 is 0 Å². The van der Waals surface area contributed by atoms with Crippen LogP contribution in [0, 0.1) is 13.8 Å². The van der Waals surface area contributed by atoms with Gasteiger partial charge in [0.1, 0.15) is 0 Å². The Morgan fingerprint density at radius 3 is 2.52 bits per heavy atom. The fourth-order valence-corrected chi connectivity index (χ4v) is 3.01. The van der Waals surface area contributed by atoms with Crippen molar-refractivity contribution in [2.24, 2.45) is 0 Å². The zero-order chi connectivity index (χ0) is 16.6. The monoisotopic (exact) mass is 385 g/mol. The van der Waals surface area contributed by atoms with Crippen molar-refractivity contribution in [3.8, 4) is 5.82 Å². The van der Waals surface area contributed by atoms with E-state index in [2.05, 4.69) is 29.2 Å². The summed E-state index contributed by atoms with van der Waals surface area (Å²) in [6.45, 7) is 9.68. The molecule has 6 nitrogen and oxygen atoms in total. The van der Waals surface area contributed by atoms with E-state index in [9.17, 15) is 4.79 Å². The number of rotatable bonds is 2. The van der Waals surface area contributed by atoms with Gasteiger partial charge in [-0.05, 0) is 45.9 Å². The van der Waals surface area contributed by atoms with Gasteiger partial charge in [0.25, 0.3) is 5.91 Å². The van der Waals surface area contributed by atoms with E-state index < -0.39 is 0 Å². The Kier molecular flexibility index (Phi) is 7.41. The summed E-state index contributed by atoms with van der Waals surface area (Å²) in [7, 11) is 0. The lowest BCUT2D eigenvalue weighted by atomic mass is 10.1. The van der Waals surface area contributed by atoms with Gasteiger partial charge in [-0.1, -0.05) is 0 Å². The number of amides is 1. The second-order valence-corrected chi connectivity index (χ2v) is 6.23. The number of carbonyl (C=O) groups excluding carboxylic acids is 1. The Bertz CT molecular complexity index is 716. The largest absolute Gasteiger partial charge is 0.333 e. The molecule has 0 spiro atoms. The smallest absolute Gasteiger partial charge is 0.255 e. The SMILES string of the molecule is Cc1cc(C)n(-c2ccc(C(=O)N3CCNC(C)C3C)cn2)n1.Cl.Cl. The Hall–Kier alpha value is -1.63. The first kappa shape index (κ1) is 21.4. The summed E-state index contributed by atoms with van der Waals surface area (Å²) in [5, 5.41) is 7.80. The minimum atomic E-state index is 0. The molecule has 2 atom stereocenters. The highest BCUT2D eigenvalue weighted by molar-refractivity contribution is 5.94. The number of hydrogen-bond acceptors (Lipinski definition) is 4. The van der Waals surface area contributed by atoms with Crippen molar-refractivity contribution in [1.82, 2.24) is 25.0 Å². The molecule has 0 aromatic carbocycles. The highest BCUT2D eigenvalue weighted by Crippen LogP contribution is 2.15. The summed E-state index contributed by atoms with van der Waals surface area (Å²) in [6.07, 6.45) is 1.65. The number of carbonyl (C=O) groups is 1. The van der Waals surface area contributed by atoms with Gasteiger partial charge in [0.05, 0.1) is 11.3 Å². The van der Waals surface area contributed by atoms with Crippen LogP contribution in [0.4, 0.5) is 0 Å². The van der Waals surface area contributed by atoms with Crippen LogP contribution in [0.2, 0.25) is 0 Å². The van der Waals surface area contributed by atoms with Gasteiger partial charge in [-0.25, -0.2) is 9.67 Å². The van der Waals surface area contributed by atoms with E-state index in [0.29, 0.717) is 11.6 Å². The predicted molar refractivity (Wildman–Crippen MR) is 103 cm³/mol. The van der Waals surface area contributed by atoms with Crippen molar-refractivity contribution in [2.45, 2.75) is 39.8 Å². The molecule has 1 aliphatic heterocycles. The van der Waals surface area contributed by atoms with Crippen molar-refractivity contribution in [2.75, 3.05) is 13.1 Å². The first-order valence-corrected chi connectivity index (χ1v) is 8.01. The van der Waals surface area contributed by atoms with Crippen LogP contribution in [0.15, 0.2) is 24.4 Å². The topological polar surface area (TPSA) is 63.1 Å². The van der Waals surface area contributed by atoms with E-state index in [0.717, 1.165) is 30.3 Å². The van der Waals surface area contributed by atoms with Gasteiger partial charge >= 0.3 is 0 Å². The van der Waals surface area contributed by atoms with Crippen LogP contribution < -0.4 is 5.32 Å². The summed E-state index contributed by atoms with van der Waals surface area (Å²) in [5.41, 5.74) is 2.60. The Labute approximate surface area is 160 Å². The fourth-order valence-electron chi connectivity index (χ4n) is 3.01. The van der Waals surface area contributed by atoms with Crippen LogP contribution in [0.1, 0.15) is 35.6 Å². The zero-order valence-electron chi connectivity index (χ0n) is 14.9. The Morgan fingerprint density at radius 1 is 1.24 bits per heavy atom. The third kappa shape index (κ3) is 4.32. The number of pyridine rings is 1. The molecule has 0 bridgehead atoms. The number of piperazine rings is 1. The Balaban J connectivity index is 0.00000156. The molecule has 0 saturated carbocycles. The van der Waals surface area contributed by atoms with E-state index in [1.807, 2.05) is 36.9 Å². The molecule has 1 saturated heterocycles. The van der Waals surface area contributed by atoms with Crippen LogP contribution in [0.3, 0.4) is 0 Å². The normalized spacial score (nSPS) is 19.8. The van der Waals surface area contributed by atoms with E-state index in [1.165, 1.54) is 0 Å². The first-order valence-electron chi connectivity index (χ1n) is 8.01. The number of aryl methyl sites for hydroxylation is 2. The molecule has 25 heavy (non-hydrogen) atoms. The highest BCUT2D eigenvalue weighted by atomic mass is 35.5. The lowest BCUT2D eigenvalue weighted by Crippen LogP contribution is -2.57. The van der Waals surface area contributed by atoms with Gasteiger partial charge in [-0.2, -0.15) is 5.10 Å². The average Bonchev–Trinajstić information content (AvgIpc) is 2.88. The summed E-state index contributed by atoms with van der Waals surface area (Å²) in [6, 6.07) is 6.16. The van der Waals surface area contributed by atoms with Crippen LogP contribution in [0.5, 0.6) is 0 Å². The molecule has 1 fully saturated rings. The van der Waals surface area contributed by atoms with Gasteiger partial charge in [0, 0.05) is 37.1 Å². The molecule has 3 heterocycles. The third-order valence-corrected chi connectivity index (χ3v) is 4.52. The minimum Gasteiger partial charge on any atom is -0.333 e. The molecule has 3 rings (SSSR count). The number of aromatic nitrogens is 3. The van der Waals surface area contributed by atoms with Crippen LogP contribution in [-0.2, 0) is 0 Å². The number of hydrogen-bond donors (Lipinski definition) is 1. The van der Waals surface area contributed by atoms with E-state index in [-0.39, 0.29) is 36.8 Å². The van der Waals surface area contributed by atoms with Crippen molar-refractivity contribution < 1.29 is 4.79 Å². The maximum Gasteiger partial charge on any atom is 0.255 e. The van der Waals surface area contributed by atoms with Gasteiger partial charge in [-0.15, -0.1) is 24.8 Å². The van der Waals surface area contributed by atoms with Gasteiger partial charge in [0.2, 0.25) is 0 Å². The van der Waals surface area contributed by atoms with Crippen molar-refractivity contribution in [3.05, 3.63) is 41.3 Å². The fraction of sp³-hybridized carbons (Fsp3) is 0.471. The summed E-state index contributed by atoms with van der Waals surface area (Å²) < 4.78 is 1.79. The van der Waals surface area contributed by atoms with Crippen molar-refractivity contribution in [3.63, 3.8) is 0 Å². The molecule has 8 heteroatoms. The molecule has 138 valence electrons. The van der Waals surface area contributed by atoms with Crippen molar-refractivity contribution in [1.29, 1.82) is 0 Å². The van der Waals surface area contributed by atoms with E-state index in [4.69, 9.17) is 0 Å². The molecule has 0 radical (unpaired) electrons. The molecular formula is C17H25Cl2N5O. The van der Waals surface area contributed by atoms with Crippen LogP contribution in [0.25, 0.3) is 5.82 Å². The molecule has 1 amide bonds. The maximum absolute atomic E-state index is 12.7. The third-order valence-electron chi connectivity index (χ3n) is 4.52. The van der Waals surface area contributed by atoms with Crippen molar-refractivity contribution >= 4 is 30.7 Å². The lowest BCUT2D eigenvalue weighted by molar-refractivity contribution is 0.0602. The second-order valence-electron chi connectivity index (χ2n) is 6.23. The summed E-state index contributed by atoms with van der Waals surface area (Å²) >= 11 is 0.